The molecular weight excluding hydrogens is 253 g/mol. The fourth-order valence-corrected chi connectivity index (χ4v) is 2.34. The summed E-state index contributed by atoms with van der Waals surface area (Å²) in [5, 5.41) is 3.39. The van der Waals surface area contributed by atoms with Gasteiger partial charge in [0.15, 0.2) is 0 Å². The van der Waals surface area contributed by atoms with Crippen molar-refractivity contribution in [2.75, 3.05) is 33.2 Å². The normalized spacial score (nSPS) is 13.6. The molecule has 2 nitrogen and oxygen atoms in total. The molecule has 0 radical (unpaired) electrons. The summed E-state index contributed by atoms with van der Waals surface area (Å²) < 4.78 is 37.2. The van der Waals surface area contributed by atoms with Gasteiger partial charge in [-0.3, -0.25) is 4.90 Å². The Morgan fingerprint density at radius 2 is 1.58 bits per heavy atom. The zero-order valence-electron chi connectivity index (χ0n) is 12.9. The van der Waals surface area contributed by atoms with Crippen LogP contribution in [0.5, 0.6) is 0 Å². The van der Waals surface area contributed by atoms with Crippen molar-refractivity contribution in [3.63, 3.8) is 0 Å². The number of nitrogens with one attached hydrogen (secondary N) is 1. The molecule has 0 spiro atoms. The number of nitrogens with zero attached hydrogens (tertiary/aromatic N) is 1. The van der Waals surface area contributed by atoms with Gasteiger partial charge in [-0.25, -0.2) is 0 Å². The van der Waals surface area contributed by atoms with Crippen LogP contribution >= 0.6 is 0 Å². The molecule has 0 rings (SSSR count). The van der Waals surface area contributed by atoms with E-state index in [9.17, 15) is 13.2 Å². The van der Waals surface area contributed by atoms with Crippen molar-refractivity contribution < 1.29 is 13.2 Å². The quantitative estimate of drug-likeness (QED) is 0.696. The van der Waals surface area contributed by atoms with E-state index >= 15 is 0 Å². The zero-order chi connectivity index (χ0) is 15.1. The van der Waals surface area contributed by atoms with Gasteiger partial charge in [0.1, 0.15) is 0 Å². The maximum atomic E-state index is 12.4. The second-order valence-electron chi connectivity index (χ2n) is 6.02. The van der Waals surface area contributed by atoms with Gasteiger partial charge in [0.2, 0.25) is 0 Å². The summed E-state index contributed by atoms with van der Waals surface area (Å²) in [6, 6.07) is 0. The second-order valence-corrected chi connectivity index (χ2v) is 6.02. The van der Waals surface area contributed by atoms with Crippen molar-refractivity contribution in [3.8, 4) is 0 Å². The summed E-state index contributed by atoms with van der Waals surface area (Å²) in [4.78, 5) is 1.39. The van der Waals surface area contributed by atoms with E-state index in [1.807, 2.05) is 0 Å². The van der Waals surface area contributed by atoms with Crippen LogP contribution in [0.1, 0.15) is 40.5 Å². The molecule has 116 valence electrons. The summed E-state index contributed by atoms with van der Waals surface area (Å²) in [6.45, 7) is 9.70. The third kappa shape index (κ3) is 8.47. The molecule has 0 aromatic rings. The molecule has 0 amide bonds. The van der Waals surface area contributed by atoms with Crippen LogP contribution in [0.15, 0.2) is 0 Å². The number of hydrogen-bond donors (Lipinski definition) is 1. The van der Waals surface area contributed by atoms with Crippen molar-refractivity contribution >= 4 is 0 Å². The molecule has 0 aromatic carbocycles. The van der Waals surface area contributed by atoms with Crippen molar-refractivity contribution in [1.29, 1.82) is 0 Å². The lowest BCUT2D eigenvalue weighted by atomic mass is 9.81. The average molecular weight is 282 g/mol. The van der Waals surface area contributed by atoms with E-state index in [4.69, 9.17) is 0 Å². The Labute approximate surface area is 115 Å². The van der Waals surface area contributed by atoms with Crippen LogP contribution in [-0.4, -0.2) is 44.3 Å². The van der Waals surface area contributed by atoms with Crippen LogP contribution in [0, 0.1) is 11.3 Å². The first-order chi connectivity index (χ1) is 8.64. The van der Waals surface area contributed by atoms with Crippen LogP contribution in [0.4, 0.5) is 13.2 Å². The summed E-state index contributed by atoms with van der Waals surface area (Å²) in [7, 11) is 1.55. The van der Waals surface area contributed by atoms with Crippen LogP contribution in [0.25, 0.3) is 0 Å². The minimum absolute atomic E-state index is 0.0745. The van der Waals surface area contributed by atoms with E-state index in [0.29, 0.717) is 12.5 Å². The van der Waals surface area contributed by atoms with Gasteiger partial charge in [-0.15, -0.1) is 0 Å². The summed E-state index contributed by atoms with van der Waals surface area (Å²) in [5.74, 6) is 0.555. The molecule has 0 aliphatic rings. The van der Waals surface area contributed by atoms with Crippen molar-refractivity contribution in [2.24, 2.45) is 11.3 Å². The highest BCUT2D eigenvalue weighted by Crippen LogP contribution is 2.28. The van der Waals surface area contributed by atoms with E-state index in [1.165, 1.54) is 4.90 Å². The van der Waals surface area contributed by atoms with Crippen LogP contribution in [-0.2, 0) is 0 Å². The highest BCUT2D eigenvalue weighted by molar-refractivity contribution is 4.83. The Balaban J connectivity index is 4.43. The number of alkyl halides is 3. The number of halogens is 3. The lowest BCUT2D eigenvalue weighted by Crippen LogP contribution is -2.45. The molecule has 0 saturated carbocycles. The van der Waals surface area contributed by atoms with Gasteiger partial charge in [-0.05, 0) is 37.8 Å². The molecule has 0 aromatic heterocycles. The highest BCUT2D eigenvalue weighted by Gasteiger charge is 2.33. The van der Waals surface area contributed by atoms with E-state index < -0.39 is 12.7 Å². The summed E-state index contributed by atoms with van der Waals surface area (Å²) in [5.41, 5.74) is -0.0745. The Morgan fingerprint density at radius 3 is 1.95 bits per heavy atom. The number of rotatable bonds is 9. The molecule has 1 N–H and O–H groups in total. The van der Waals surface area contributed by atoms with Crippen LogP contribution < -0.4 is 5.32 Å². The van der Waals surface area contributed by atoms with Gasteiger partial charge >= 0.3 is 6.18 Å². The Kier molecular flexibility index (Phi) is 7.98. The molecule has 0 bridgehead atoms. The van der Waals surface area contributed by atoms with Gasteiger partial charge in [-0.1, -0.05) is 27.7 Å². The first-order valence-corrected chi connectivity index (χ1v) is 7.10. The molecule has 19 heavy (non-hydrogen) atoms. The molecule has 0 heterocycles. The fraction of sp³-hybridized carbons (Fsp3) is 1.00. The largest absolute Gasteiger partial charge is 0.401 e. The average Bonchev–Trinajstić information content (AvgIpc) is 2.24. The first-order valence-electron chi connectivity index (χ1n) is 7.10. The van der Waals surface area contributed by atoms with Crippen LogP contribution in [0.3, 0.4) is 0 Å². The molecule has 0 aliphatic carbocycles. The molecular formula is C14H29F3N2. The molecule has 0 atom stereocenters. The van der Waals surface area contributed by atoms with Gasteiger partial charge in [0, 0.05) is 13.1 Å². The first kappa shape index (κ1) is 18.7. The fourth-order valence-electron chi connectivity index (χ4n) is 2.34. The van der Waals surface area contributed by atoms with Gasteiger partial charge in [0.25, 0.3) is 0 Å². The maximum Gasteiger partial charge on any atom is 0.401 e. The summed E-state index contributed by atoms with van der Waals surface area (Å²) in [6.07, 6.45) is -2.35. The third-order valence-electron chi connectivity index (χ3n) is 3.61. The van der Waals surface area contributed by atoms with E-state index in [0.717, 1.165) is 25.9 Å². The van der Waals surface area contributed by atoms with E-state index in [2.05, 4.69) is 33.0 Å². The molecule has 0 aliphatic heterocycles. The van der Waals surface area contributed by atoms with Crippen molar-refractivity contribution in [1.82, 2.24) is 10.2 Å². The highest BCUT2D eigenvalue weighted by atomic mass is 19.4. The van der Waals surface area contributed by atoms with E-state index in [1.54, 1.807) is 7.05 Å². The van der Waals surface area contributed by atoms with E-state index in [-0.39, 0.29) is 5.41 Å². The van der Waals surface area contributed by atoms with Gasteiger partial charge < -0.3 is 5.32 Å². The SMILES string of the molecule is CCC(CC)(CNCC(C)C)CN(C)CC(F)(F)F. The minimum Gasteiger partial charge on any atom is -0.316 e. The lowest BCUT2D eigenvalue weighted by Gasteiger charge is -2.36. The van der Waals surface area contributed by atoms with Crippen molar-refractivity contribution in [3.05, 3.63) is 0 Å². The number of hydrogen-bond acceptors (Lipinski definition) is 2. The Morgan fingerprint density at radius 1 is 1.05 bits per heavy atom. The lowest BCUT2D eigenvalue weighted by molar-refractivity contribution is -0.146. The molecule has 5 heteroatoms. The standard InChI is InChI=1S/C14H29F3N2/c1-6-13(7-2,9-18-8-12(3)4)10-19(5)11-14(15,16)17/h12,18H,6-11H2,1-5H3. The zero-order valence-corrected chi connectivity index (χ0v) is 12.9. The summed E-state index contributed by atoms with van der Waals surface area (Å²) >= 11 is 0. The molecule has 0 unspecified atom stereocenters. The predicted octanol–water partition coefficient (Wildman–Crippen LogP) is 3.53. The Hall–Kier alpha value is -0.290. The molecule has 0 saturated heterocycles. The predicted molar refractivity (Wildman–Crippen MR) is 74.3 cm³/mol. The van der Waals surface area contributed by atoms with Crippen LogP contribution in [0.2, 0.25) is 0 Å². The smallest absolute Gasteiger partial charge is 0.316 e. The monoisotopic (exact) mass is 282 g/mol. The second kappa shape index (κ2) is 8.10. The Bertz CT molecular complexity index is 235. The maximum absolute atomic E-state index is 12.4. The molecule has 0 fully saturated rings. The topological polar surface area (TPSA) is 15.3 Å². The minimum atomic E-state index is -4.12. The van der Waals surface area contributed by atoms with Gasteiger partial charge in [-0.2, -0.15) is 13.2 Å². The van der Waals surface area contributed by atoms with Gasteiger partial charge in [0.05, 0.1) is 6.54 Å². The van der Waals surface area contributed by atoms with Crippen molar-refractivity contribution in [2.45, 2.75) is 46.7 Å². The third-order valence-corrected chi connectivity index (χ3v) is 3.61.